The van der Waals surface area contributed by atoms with Crippen LogP contribution in [-0.4, -0.2) is 22.7 Å². The number of hydrogen-bond donors (Lipinski definition) is 1. The van der Waals surface area contributed by atoms with Crippen LogP contribution in [0.15, 0.2) is 18.7 Å². The number of nitrogens with one attached hydrogen (secondary N) is 1. The Hall–Kier alpha value is -1.03. The van der Waals surface area contributed by atoms with Crippen LogP contribution in [0.3, 0.4) is 0 Å². The predicted octanol–water partition coefficient (Wildman–Crippen LogP) is -0.271. The fourth-order valence-electron chi connectivity index (χ4n) is 1.11. The first kappa shape index (κ1) is 5.73. The maximum absolute atomic E-state index is 3.95. The summed E-state index contributed by atoms with van der Waals surface area (Å²) in [5.74, 6) is 0. The molecule has 1 aliphatic heterocycles. The van der Waals surface area contributed by atoms with Crippen LogP contribution in [0.4, 0.5) is 0 Å². The lowest BCUT2D eigenvalue weighted by atomic mass is 10.5. The van der Waals surface area contributed by atoms with Gasteiger partial charge in [0.05, 0.1) is 6.54 Å². The first-order chi connectivity index (χ1) is 4.97. The van der Waals surface area contributed by atoms with Crippen molar-refractivity contribution < 1.29 is 0 Å². The van der Waals surface area contributed by atoms with Crippen LogP contribution < -0.4 is 10.5 Å². The molecule has 54 valence electrons. The number of nitrogens with zero attached hydrogens (tertiary/aromatic N) is 3. The summed E-state index contributed by atoms with van der Waals surface area (Å²) in [4.78, 5) is 3.95. The average Bonchev–Trinajstić information content (AvgIpc) is 2.59. The summed E-state index contributed by atoms with van der Waals surface area (Å²) >= 11 is 0. The number of hydrazine groups is 1. The third kappa shape index (κ3) is 0.863. The fraction of sp³-hybridized carbons (Fsp3) is 0.500. The lowest BCUT2D eigenvalue weighted by Gasteiger charge is -2.17. The van der Waals surface area contributed by atoms with Gasteiger partial charge in [-0.05, 0) is 6.42 Å². The van der Waals surface area contributed by atoms with E-state index in [0.717, 1.165) is 13.1 Å². The van der Waals surface area contributed by atoms with Gasteiger partial charge in [-0.3, -0.25) is 0 Å². The monoisotopic (exact) mass is 138 g/mol. The van der Waals surface area contributed by atoms with E-state index in [4.69, 9.17) is 0 Å². The van der Waals surface area contributed by atoms with E-state index >= 15 is 0 Å². The van der Waals surface area contributed by atoms with Crippen molar-refractivity contribution in [2.24, 2.45) is 0 Å². The molecule has 0 bridgehead atoms. The molecule has 0 unspecified atom stereocenters. The summed E-state index contributed by atoms with van der Waals surface area (Å²) < 4.78 is 1.95. The third-order valence-corrected chi connectivity index (χ3v) is 1.61. The van der Waals surface area contributed by atoms with Gasteiger partial charge in [-0.1, -0.05) is 0 Å². The first-order valence-corrected chi connectivity index (χ1v) is 3.46. The molecule has 1 N–H and O–H groups in total. The fourth-order valence-corrected chi connectivity index (χ4v) is 1.11. The highest BCUT2D eigenvalue weighted by atomic mass is 15.8. The first-order valence-electron chi connectivity index (χ1n) is 3.46. The van der Waals surface area contributed by atoms with Crippen LogP contribution in [0.1, 0.15) is 6.42 Å². The van der Waals surface area contributed by atoms with Crippen molar-refractivity contribution in [3.05, 3.63) is 18.7 Å². The smallest absolute Gasteiger partial charge is 0.116 e. The van der Waals surface area contributed by atoms with Gasteiger partial charge in [0.1, 0.15) is 6.33 Å². The largest absolute Gasteiger partial charge is 0.245 e. The van der Waals surface area contributed by atoms with Crippen molar-refractivity contribution in [2.75, 3.05) is 18.2 Å². The molecule has 4 nitrogen and oxygen atoms in total. The topological polar surface area (TPSA) is 33.1 Å². The molecule has 1 fully saturated rings. The highest BCUT2D eigenvalue weighted by Crippen LogP contribution is 1.95. The molecule has 0 amide bonds. The highest BCUT2D eigenvalue weighted by Gasteiger charge is 2.09. The van der Waals surface area contributed by atoms with Crippen LogP contribution in [0, 0.1) is 0 Å². The number of aromatic nitrogens is 2. The van der Waals surface area contributed by atoms with E-state index in [1.54, 1.807) is 12.5 Å². The normalized spacial score (nSPS) is 18.2. The molecule has 2 heterocycles. The van der Waals surface area contributed by atoms with Crippen LogP contribution in [-0.2, 0) is 0 Å². The minimum atomic E-state index is 1.07. The second-order valence-corrected chi connectivity index (χ2v) is 2.33. The van der Waals surface area contributed by atoms with Gasteiger partial charge in [-0.2, -0.15) is 0 Å². The summed E-state index contributed by atoms with van der Waals surface area (Å²) in [6.45, 7) is 2.13. The van der Waals surface area contributed by atoms with Crippen LogP contribution in [0.25, 0.3) is 0 Å². The maximum atomic E-state index is 3.95. The Morgan fingerprint density at radius 2 is 2.50 bits per heavy atom. The number of imidazole rings is 1. The summed E-state index contributed by atoms with van der Waals surface area (Å²) in [6, 6.07) is 0. The van der Waals surface area contributed by atoms with Crippen molar-refractivity contribution in [3.63, 3.8) is 0 Å². The van der Waals surface area contributed by atoms with E-state index in [0.29, 0.717) is 0 Å². The van der Waals surface area contributed by atoms with Crippen molar-refractivity contribution in [1.82, 2.24) is 15.1 Å². The molecule has 10 heavy (non-hydrogen) atoms. The Morgan fingerprint density at radius 1 is 1.50 bits per heavy atom. The highest BCUT2D eigenvalue weighted by molar-refractivity contribution is 4.88. The molecule has 0 atom stereocenters. The Labute approximate surface area is 59.4 Å². The molecule has 1 aliphatic rings. The molecule has 0 saturated carbocycles. The standard InChI is InChI=1S/C6H10N4/c1-2-8-10(4-1)9-5-3-7-6-9/h3,5-6,8H,1-2,4H2. The minimum Gasteiger partial charge on any atom is -0.245 e. The predicted molar refractivity (Wildman–Crippen MR) is 37.9 cm³/mol. The summed E-state index contributed by atoms with van der Waals surface area (Å²) in [6.07, 6.45) is 6.70. The SMILES string of the molecule is c1cn(N2CCCN2)cn1. The van der Waals surface area contributed by atoms with Gasteiger partial charge in [-0.25, -0.2) is 20.2 Å². The molecule has 1 aromatic heterocycles. The molecule has 1 saturated heterocycles. The van der Waals surface area contributed by atoms with Crippen LogP contribution in [0.2, 0.25) is 0 Å². The van der Waals surface area contributed by atoms with E-state index in [1.807, 2.05) is 16.0 Å². The minimum absolute atomic E-state index is 1.07. The molecule has 0 aromatic carbocycles. The lowest BCUT2D eigenvalue weighted by molar-refractivity contribution is 0.574. The Bertz CT molecular complexity index is 188. The van der Waals surface area contributed by atoms with E-state index in [2.05, 4.69) is 10.4 Å². The Balaban J connectivity index is 2.12. The zero-order valence-corrected chi connectivity index (χ0v) is 5.70. The van der Waals surface area contributed by atoms with Gasteiger partial charge in [0, 0.05) is 18.9 Å². The van der Waals surface area contributed by atoms with Gasteiger partial charge in [-0.15, -0.1) is 0 Å². The van der Waals surface area contributed by atoms with Crippen LogP contribution in [0.5, 0.6) is 0 Å². The van der Waals surface area contributed by atoms with E-state index in [9.17, 15) is 0 Å². The van der Waals surface area contributed by atoms with Gasteiger partial charge in [0.15, 0.2) is 0 Å². The second kappa shape index (κ2) is 2.30. The second-order valence-electron chi connectivity index (χ2n) is 2.33. The number of hydrogen-bond acceptors (Lipinski definition) is 3. The number of rotatable bonds is 1. The van der Waals surface area contributed by atoms with Crippen molar-refractivity contribution in [3.8, 4) is 0 Å². The Morgan fingerprint density at radius 3 is 3.10 bits per heavy atom. The van der Waals surface area contributed by atoms with Crippen molar-refractivity contribution >= 4 is 0 Å². The van der Waals surface area contributed by atoms with Crippen LogP contribution >= 0.6 is 0 Å². The quantitative estimate of drug-likeness (QED) is 0.580. The lowest BCUT2D eigenvalue weighted by Crippen LogP contribution is -2.39. The molecule has 0 aliphatic carbocycles. The molecule has 1 aromatic rings. The molecule has 4 heteroatoms. The molecule has 0 spiro atoms. The van der Waals surface area contributed by atoms with Gasteiger partial charge >= 0.3 is 0 Å². The molecular weight excluding hydrogens is 128 g/mol. The van der Waals surface area contributed by atoms with E-state index in [-0.39, 0.29) is 0 Å². The van der Waals surface area contributed by atoms with Gasteiger partial charge in [0.2, 0.25) is 0 Å². The summed E-state index contributed by atoms with van der Waals surface area (Å²) in [5.41, 5.74) is 3.22. The molecule has 2 rings (SSSR count). The van der Waals surface area contributed by atoms with E-state index in [1.165, 1.54) is 6.42 Å². The summed E-state index contributed by atoms with van der Waals surface area (Å²) in [5, 5.41) is 2.05. The zero-order chi connectivity index (χ0) is 6.81. The van der Waals surface area contributed by atoms with Crippen molar-refractivity contribution in [2.45, 2.75) is 6.42 Å². The van der Waals surface area contributed by atoms with Crippen molar-refractivity contribution in [1.29, 1.82) is 0 Å². The zero-order valence-electron chi connectivity index (χ0n) is 5.70. The third-order valence-electron chi connectivity index (χ3n) is 1.61. The van der Waals surface area contributed by atoms with Gasteiger partial charge < -0.3 is 0 Å². The van der Waals surface area contributed by atoms with Gasteiger partial charge in [0.25, 0.3) is 0 Å². The average molecular weight is 138 g/mol. The molecular formula is C6H10N4. The maximum Gasteiger partial charge on any atom is 0.116 e. The Kier molecular flexibility index (Phi) is 1.32. The molecule has 0 radical (unpaired) electrons. The summed E-state index contributed by atoms with van der Waals surface area (Å²) in [7, 11) is 0. The van der Waals surface area contributed by atoms with E-state index < -0.39 is 0 Å².